The zero-order valence-electron chi connectivity index (χ0n) is 5.75. The first-order valence-corrected chi connectivity index (χ1v) is 2.33. The van der Waals surface area contributed by atoms with Gasteiger partial charge in [-0.1, -0.05) is 0 Å². The summed E-state index contributed by atoms with van der Waals surface area (Å²) in [6.45, 7) is 1.54. The molecule has 48 valence electrons. The first-order chi connectivity index (χ1) is 4.22. The maximum Gasteiger partial charge on any atom is 1.00 e. The van der Waals surface area contributed by atoms with Crippen LogP contribution in [0.5, 0.6) is 0 Å². The van der Waals surface area contributed by atoms with Crippen LogP contribution in [0.15, 0.2) is 10.8 Å². The second-order valence-corrected chi connectivity index (χ2v) is 1.55. The molecule has 0 aliphatic heterocycles. The smallest absolute Gasteiger partial charge is 0.541 e. The van der Waals surface area contributed by atoms with Crippen molar-refractivity contribution >= 4 is 5.97 Å². The van der Waals surface area contributed by atoms with Crippen LogP contribution in [0.4, 0.5) is 0 Å². The molecule has 1 aromatic rings. The molecule has 0 aliphatic rings. The number of hydrogen-bond acceptors (Lipinski definition) is 4. The SMILES string of the molecule is Cc1ncoc1C(=O)[O-].[K+]. The number of carboxylic acids is 1. The summed E-state index contributed by atoms with van der Waals surface area (Å²) in [5, 5.41) is 10.0. The predicted molar refractivity (Wildman–Crippen MR) is 25.6 cm³/mol. The Morgan fingerprint density at radius 2 is 2.40 bits per heavy atom. The Morgan fingerprint density at radius 1 is 1.80 bits per heavy atom. The van der Waals surface area contributed by atoms with Gasteiger partial charge in [-0.25, -0.2) is 4.98 Å². The normalized spacial score (nSPS) is 8.50. The molecule has 0 amide bonds. The number of nitrogens with zero attached hydrogens (tertiary/aromatic N) is 1. The number of aromatic carboxylic acids is 1. The molecule has 0 saturated heterocycles. The summed E-state index contributed by atoms with van der Waals surface area (Å²) in [6, 6.07) is 0. The second kappa shape index (κ2) is 4.25. The van der Waals surface area contributed by atoms with Gasteiger partial charge in [0.05, 0.1) is 5.69 Å². The van der Waals surface area contributed by atoms with E-state index in [1.54, 1.807) is 0 Å². The Morgan fingerprint density at radius 3 is 2.60 bits per heavy atom. The topological polar surface area (TPSA) is 66.2 Å². The van der Waals surface area contributed by atoms with E-state index >= 15 is 0 Å². The summed E-state index contributed by atoms with van der Waals surface area (Å²) in [5.74, 6) is -1.53. The van der Waals surface area contributed by atoms with Gasteiger partial charge in [-0.15, -0.1) is 0 Å². The Balaban J connectivity index is 0.000000810. The van der Waals surface area contributed by atoms with Crippen LogP contribution in [0.1, 0.15) is 16.2 Å². The zero-order valence-corrected chi connectivity index (χ0v) is 8.87. The van der Waals surface area contributed by atoms with Gasteiger partial charge in [-0.2, -0.15) is 0 Å². The van der Waals surface area contributed by atoms with E-state index < -0.39 is 5.97 Å². The Kier molecular flexibility index (Phi) is 4.38. The van der Waals surface area contributed by atoms with Crippen molar-refractivity contribution in [2.45, 2.75) is 6.92 Å². The molecular weight excluding hydrogens is 161 g/mol. The van der Waals surface area contributed by atoms with Gasteiger partial charge in [0.1, 0.15) is 5.97 Å². The molecule has 1 aromatic heterocycles. The van der Waals surface area contributed by atoms with E-state index in [-0.39, 0.29) is 57.1 Å². The van der Waals surface area contributed by atoms with E-state index in [0.717, 1.165) is 6.39 Å². The molecule has 0 aromatic carbocycles. The van der Waals surface area contributed by atoms with Crippen molar-refractivity contribution < 1.29 is 65.7 Å². The summed E-state index contributed by atoms with van der Waals surface area (Å²) in [5.41, 5.74) is 0.343. The van der Waals surface area contributed by atoms with Crippen molar-refractivity contribution in [3.05, 3.63) is 17.8 Å². The number of oxazole rings is 1. The van der Waals surface area contributed by atoms with E-state index in [2.05, 4.69) is 9.40 Å². The zero-order chi connectivity index (χ0) is 6.85. The van der Waals surface area contributed by atoms with Crippen molar-refractivity contribution in [2.24, 2.45) is 0 Å². The molecule has 1 rings (SSSR count). The van der Waals surface area contributed by atoms with Gasteiger partial charge in [-0.05, 0) is 6.92 Å². The Hall–Kier alpha value is 0.316. The number of hydrogen-bond donors (Lipinski definition) is 0. The molecule has 0 saturated carbocycles. The van der Waals surface area contributed by atoms with Gasteiger partial charge in [0, 0.05) is 0 Å². The van der Waals surface area contributed by atoms with Crippen LogP contribution in [-0.2, 0) is 0 Å². The van der Waals surface area contributed by atoms with Crippen LogP contribution in [0.3, 0.4) is 0 Å². The minimum absolute atomic E-state index is 0. The fourth-order valence-corrected chi connectivity index (χ4v) is 0.498. The van der Waals surface area contributed by atoms with E-state index in [1.165, 1.54) is 6.92 Å². The summed E-state index contributed by atoms with van der Waals surface area (Å²) in [4.78, 5) is 13.6. The molecule has 10 heavy (non-hydrogen) atoms. The molecule has 0 aliphatic carbocycles. The number of carbonyl (C=O) groups excluding carboxylic acids is 1. The molecule has 5 heteroatoms. The van der Waals surface area contributed by atoms with Crippen molar-refractivity contribution in [2.75, 3.05) is 0 Å². The Labute approximate surface area is 100 Å². The maximum absolute atomic E-state index is 10.0. The van der Waals surface area contributed by atoms with Gasteiger partial charge in [0.15, 0.2) is 12.2 Å². The minimum Gasteiger partial charge on any atom is -0.541 e. The molecule has 1 heterocycles. The summed E-state index contributed by atoms with van der Waals surface area (Å²) in [6.07, 6.45) is 1.07. The van der Waals surface area contributed by atoms with Crippen molar-refractivity contribution in [3.8, 4) is 0 Å². The van der Waals surface area contributed by atoms with Gasteiger partial charge in [0.25, 0.3) is 0 Å². The molecule has 4 nitrogen and oxygen atoms in total. The average molecular weight is 165 g/mol. The number of carbonyl (C=O) groups is 1. The van der Waals surface area contributed by atoms with Gasteiger partial charge < -0.3 is 14.3 Å². The molecule has 0 atom stereocenters. The fourth-order valence-electron chi connectivity index (χ4n) is 0.498. The summed E-state index contributed by atoms with van der Waals surface area (Å²) in [7, 11) is 0. The minimum atomic E-state index is -1.33. The van der Waals surface area contributed by atoms with Crippen LogP contribution < -0.4 is 56.5 Å². The van der Waals surface area contributed by atoms with Crippen LogP contribution in [0, 0.1) is 6.92 Å². The molecule has 0 bridgehead atoms. The molecule has 0 spiro atoms. The van der Waals surface area contributed by atoms with Crippen LogP contribution >= 0.6 is 0 Å². The number of aryl methyl sites for hydroxylation is 1. The third kappa shape index (κ3) is 2.17. The molecule has 0 fully saturated rings. The van der Waals surface area contributed by atoms with Crippen LogP contribution in [-0.4, -0.2) is 11.0 Å². The van der Waals surface area contributed by atoms with Crippen LogP contribution in [0.25, 0.3) is 0 Å². The Bertz CT molecular complexity index is 233. The monoisotopic (exact) mass is 165 g/mol. The van der Waals surface area contributed by atoms with Crippen molar-refractivity contribution in [1.82, 2.24) is 4.98 Å². The summed E-state index contributed by atoms with van der Waals surface area (Å²) < 4.78 is 4.45. The summed E-state index contributed by atoms with van der Waals surface area (Å²) >= 11 is 0. The van der Waals surface area contributed by atoms with Crippen molar-refractivity contribution in [1.29, 1.82) is 0 Å². The third-order valence-electron chi connectivity index (χ3n) is 0.931. The third-order valence-corrected chi connectivity index (χ3v) is 0.931. The molecule has 0 unspecified atom stereocenters. The fraction of sp³-hybridized carbons (Fsp3) is 0.200. The van der Waals surface area contributed by atoms with Gasteiger partial charge in [-0.3, -0.25) is 0 Å². The van der Waals surface area contributed by atoms with Crippen LogP contribution in [0.2, 0.25) is 0 Å². The standard InChI is InChI=1S/C5H5NO3.K/c1-3-4(5(7)8)9-2-6-3;/h2H,1H3,(H,7,8);/q;+1/p-1. The quantitative estimate of drug-likeness (QED) is 0.402. The number of carboxylic acid groups (broad SMARTS) is 1. The number of rotatable bonds is 1. The molecule has 0 N–H and O–H groups in total. The first-order valence-electron chi connectivity index (χ1n) is 2.33. The van der Waals surface area contributed by atoms with E-state index in [0.29, 0.717) is 5.69 Å². The average Bonchev–Trinajstić information content (AvgIpc) is 2.13. The largest absolute Gasteiger partial charge is 1.00 e. The predicted octanol–water partition coefficient (Wildman–Crippen LogP) is -3.65. The first kappa shape index (κ1) is 10.3. The second-order valence-electron chi connectivity index (χ2n) is 1.55. The van der Waals surface area contributed by atoms with E-state index in [4.69, 9.17) is 0 Å². The van der Waals surface area contributed by atoms with E-state index in [1.807, 2.05) is 0 Å². The number of aromatic nitrogens is 1. The van der Waals surface area contributed by atoms with Crippen molar-refractivity contribution in [3.63, 3.8) is 0 Å². The molecular formula is C5H4KNO3. The van der Waals surface area contributed by atoms with Gasteiger partial charge >= 0.3 is 51.4 Å². The maximum atomic E-state index is 10.0. The van der Waals surface area contributed by atoms with E-state index in [9.17, 15) is 9.90 Å². The van der Waals surface area contributed by atoms with Gasteiger partial charge in [0.2, 0.25) is 0 Å². The molecule has 0 radical (unpaired) electrons.